The molecule has 0 aliphatic heterocycles. The van der Waals surface area contributed by atoms with Crippen molar-refractivity contribution in [2.75, 3.05) is 14.2 Å². The predicted molar refractivity (Wildman–Crippen MR) is 51.1 cm³/mol. The highest BCUT2D eigenvalue weighted by atomic mass is 16.5. The first kappa shape index (κ1) is 11.5. The topological polar surface area (TPSA) is 35.5 Å². The maximum atomic E-state index is 10.4. The molecule has 0 rings (SSSR count). The van der Waals surface area contributed by atoms with E-state index < -0.39 is 0 Å². The van der Waals surface area contributed by atoms with Gasteiger partial charge < -0.3 is 9.47 Å². The van der Waals surface area contributed by atoms with Gasteiger partial charge in [0, 0.05) is 5.57 Å². The van der Waals surface area contributed by atoms with E-state index in [2.05, 4.69) is 0 Å². The Morgan fingerprint density at radius 3 is 2.31 bits per heavy atom. The average molecular weight is 182 g/mol. The summed E-state index contributed by atoms with van der Waals surface area (Å²) in [7, 11) is 3.06. The summed E-state index contributed by atoms with van der Waals surface area (Å²) in [6.07, 6.45) is 7.25. The van der Waals surface area contributed by atoms with E-state index in [0.717, 1.165) is 6.29 Å². The molecule has 13 heavy (non-hydrogen) atoms. The number of ether oxygens (including phenoxy) is 2. The molecule has 0 aromatic rings. The zero-order chi connectivity index (χ0) is 10.1. The van der Waals surface area contributed by atoms with Gasteiger partial charge in [-0.25, -0.2) is 0 Å². The van der Waals surface area contributed by atoms with Crippen molar-refractivity contribution in [3.05, 3.63) is 35.8 Å². The first-order valence-corrected chi connectivity index (χ1v) is 3.85. The molecule has 0 saturated carbocycles. The lowest BCUT2D eigenvalue weighted by molar-refractivity contribution is -0.104. The zero-order valence-electron chi connectivity index (χ0n) is 8.11. The van der Waals surface area contributed by atoms with Gasteiger partial charge >= 0.3 is 0 Å². The summed E-state index contributed by atoms with van der Waals surface area (Å²) in [5.41, 5.74) is 0.596. The summed E-state index contributed by atoms with van der Waals surface area (Å²) < 4.78 is 9.68. The Balaban J connectivity index is 4.38. The van der Waals surface area contributed by atoms with Gasteiger partial charge in [-0.3, -0.25) is 4.79 Å². The number of hydrogen-bond donors (Lipinski definition) is 0. The Morgan fingerprint density at radius 2 is 1.92 bits per heavy atom. The van der Waals surface area contributed by atoms with E-state index >= 15 is 0 Å². The van der Waals surface area contributed by atoms with Crippen molar-refractivity contribution in [1.29, 1.82) is 0 Å². The number of carbonyl (C=O) groups is 1. The second-order valence-electron chi connectivity index (χ2n) is 2.20. The standard InChI is InChI=1S/C10H14O3/c1-4-9(7-11)5-6-10(13-3)8-12-2/h4-8H,1-3H3/b6-5-,9-4+,10-8-. The predicted octanol–water partition coefficient (Wildman–Crippen LogP) is 1.82. The highest BCUT2D eigenvalue weighted by Gasteiger charge is 1.90. The fourth-order valence-corrected chi connectivity index (χ4v) is 0.653. The quantitative estimate of drug-likeness (QED) is 0.281. The summed E-state index contributed by atoms with van der Waals surface area (Å²) in [6, 6.07) is 0. The van der Waals surface area contributed by atoms with Crippen LogP contribution in [0.5, 0.6) is 0 Å². The van der Waals surface area contributed by atoms with Crippen molar-refractivity contribution in [3.8, 4) is 0 Å². The van der Waals surface area contributed by atoms with Crippen molar-refractivity contribution in [3.63, 3.8) is 0 Å². The van der Waals surface area contributed by atoms with Crippen LogP contribution in [-0.4, -0.2) is 20.5 Å². The summed E-state index contributed by atoms with van der Waals surface area (Å²) in [5, 5.41) is 0. The van der Waals surface area contributed by atoms with Crippen LogP contribution in [0.4, 0.5) is 0 Å². The molecule has 0 aliphatic rings. The lowest BCUT2D eigenvalue weighted by Crippen LogP contribution is -1.84. The summed E-state index contributed by atoms with van der Waals surface area (Å²) >= 11 is 0. The number of hydrogen-bond acceptors (Lipinski definition) is 3. The van der Waals surface area contributed by atoms with Crippen molar-refractivity contribution in [2.24, 2.45) is 0 Å². The van der Waals surface area contributed by atoms with Crippen molar-refractivity contribution < 1.29 is 14.3 Å². The molecule has 0 amide bonds. The van der Waals surface area contributed by atoms with Gasteiger partial charge in [0.15, 0.2) is 5.76 Å². The summed E-state index contributed by atoms with van der Waals surface area (Å²) in [4.78, 5) is 10.4. The van der Waals surface area contributed by atoms with E-state index in [1.807, 2.05) is 0 Å². The molecular formula is C10H14O3. The van der Waals surface area contributed by atoms with E-state index in [1.165, 1.54) is 20.5 Å². The average Bonchev–Trinajstić information content (AvgIpc) is 2.17. The van der Waals surface area contributed by atoms with Crippen LogP contribution >= 0.6 is 0 Å². The van der Waals surface area contributed by atoms with Crippen LogP contribution in [0.1, 0.15) is 6.92 Å². The van der Waals surface area contributed by atoms with Crippen molar-refractivity contribution in [2.45, 2.75) is 6.92 Å². The van der Waals surface area contributed by atoms with Crippen LogP contribution < -0.4 is 0 Å². The first-order valence-electron chi connectivity index (χ1n) is 3.85. The van der Waals surface area contributed by atoms with Gasteiger partial charge in [-0.2, -0.15) is 0 Å². The van der Waals surface area contributed by atoms with Crippen molar-refractivity contribution in [1.82, 2.24) is 0 Å². The Bertz CT molecular complexity index is 237. The van der Waals surface area contributed by atoms with Gasteiger partial charge in [0.05, 0.1) is 14.2 Å². The molecule has 72 valence electrons. The maximum Gasteiger partial charge on any atom is 0.153 e. The van der Waals surface area contributed by atoms with Gasteiger partial charge in [-0.05, 0) is 19.1 Å². The molecule has 0 spiro atoms. The second kappa shape index (κ2) is 7.16. The Morgan fingerprint density at radius 1 is 1.23 bits per heavy atom. The monoisotopic (exact) mass is 182 g/mol. The van der Waals surface area contributed by atoms with Crippen LogP contribution in [0.15, 0.2) is 35.8 Å². The molecule has 0 unspecified atom stereocenters. The molecule has 0 fully saturated rings. The Kier molecular flexibility index (Phi) is 6.32. The van der Waals surface area contributed by atoms with Gasteiger partial charge in [0.1, 0.15) is 12.5 Å². The molecule has 0 radical (unpaired) electrons. The van der Waals surface area contributed by atoms with Crippen LogP contribution in [0, 0.1) is 0 Å². The number of rotatable bonds is 5. The smallest absolute Gasteiger partial charge is 0.153 e. The Hall–Kier alpha value is -1.51. The molecule has 0 bridgehead atoms. The normalized spacial score (nSPS) is 13.2. The lowest BCUT2D eigenvalue weighted by Gasteiger charge is -1.98. The largest absolute Gasteiger partial charge is 0.501 e. The molecule has 3 heteroatoms. The van der Waals surface area contributed by atoms with Gasteiger partial charge in [-0.1, -0.05) is 6.08 Å². The van der Waals surface area contributed by atoms with Crippen molar-refractivity contribution >= 4 is 6.29 Å². The van der Waals surface area contributed by atoms with E-state index in [9.17, 15) is 4.79 Å². The molecule has 0 aliphatic carbocycles. The molecule has 0 atom stereocenters. The van der Waals surface area contributed by atoms with E-state index in [1.54, 1.807) is 25.2 Å². The van der Waals surface area contributed by atoms with Crippen LogP contribution in [0.25, 0.3) is 0 Å². The highest BCUT2D eigenvalue weighted by molar-refractivity contribution is 5.77. The van der Waals surface area contributed by atoms with E-state index in [-0.39, 0.29) is 0 Å². The number of carbonyl (C=O) groups excluding carboxylic acids is 1. The molecule has 0 aromatic heterocycles. The SMILES string of the molecule is C\C=C(C=O)/C=C\C(=C\OC)OC. The van der Waals surface area contributed by atoms with Crippen LogP contribution in [0.2, 0.25) is 0 Å². The number of methoxy groups -OCH3 is 2. The second-order valence-corrected chi connectivity index (χ2v) is 2.20. The molecule has 0 saturated heterocycles. The maximum absolute atomic E-state index is 10.4. The Labute approximate surface area is 78.3 Å². The van der Waals surface area contributed by atoms with Crippen LogP contribution in [-0.2, 0) is 14.3 Å². The number of allylic oxidation sites excluding steroid dienone is 4. The third kappa shape index (κ3) is 4.85. The minimum Gasteiger partial charge on any atom is -0.501 e. The summed E-state index contributed by atoms with van der Waals surface area (Å²) in [5.74, 6) is 0.559. The number of aldehydes is 1. The minimum absolute atomic E-state index is 0.559. The first-order chi connectivity index (χ1) is 6.28. The van der Waals surface area contributed by atoms with Gasteiger partial charge in [-0.15, -0.1) is 0 Å². The zero-order valence-corrected chi connectivity index (χ0v) is 8.11. The fourth-order valence-electron chi connectivity index (χ4n) is 0.653. The summed E-state index contributed by atoms with van der Waals surface area (Å²) in [6.45, 7) is 1.79. The van der Waals surface area contributed by atoms with E-state index in [0.29, 0.717) is 11.3 Å². The molecule has 0 N–H and O–H groups in total. The van der Waals surface area contributed by atoms with Gasteiger partial charge in [0.25, 0.3) is 0 Å². The third-order valence-corrected chi connectivity index (χ3v) is 1.38. The minimum atomic E-state index is 0.559. The highest BCUT2D eigenvalue weighted by Crippen LogP contribution is 2.01. The molecule has 0 heterocycles. The third-order valence-electron chi connectivity index (χ3n) is 1.38. The van der Waals surface area contributed by atoms with Gasteiger partial charge in [0.2, 0.25) is 0 Å². The molecule has 3 nitrogen and oxygen atoms in total. The van der Waals surface area contributed by atoms with Crippen LogP contribution in [0.3, 0.4) is 0 Å². The molecule has 0 aromatic carbocycles. The molecular weight excluding hydrogens is 168 g/mol. The van der Waals surface area contributed by atoms with E-state index in [4.69, 9.17) is 9.47 Å². The fraction of sp³-hybridized carbons (Fsp3) is 0.300. The lowest BCUT2D eigenvalue weighted by atomic mass is 10.2.